The number of benzene rings is 1. The van der Waals surface area contributed by atoms with Crippen LogP contribution in [0.5, 0.6) is 17.4 Å². The van der Waals surface area contributed by atoms with Gasteiger partial charge in [-0.25, -0.2) is 4.98 Å². The van der Waals surface area contributed by atoms with Crippen LogP contribution in [0.25, 0.3) is 0 Å². The Morgan fingerprint density at radius 2 is 2.05 bits per heavy atom. The Bertz CT molecular complexity index is 675. The predicted molar refractivity (Wildman–Crippen MR) is 75.5 cm³/mol. The number of aryl methyl sites for hydroxylation is 1. The van der Waals surface area contributed by atoms with E-state index in [1.54, 1.807) is 0 Å². The van der Waals surface area contributed by atoms with Crippen LogP contribution in [0.15, 0.2) is 24.3 Å². The van der Waals surface area contributed by atoms with E-state index in [9.17, 15) is 10.1 Å². The lowest BCUT2D eigenvalue weighted by molar-refractivity contribution is -0.384. The Kier molecular flexibility index (Phi) is 4.17. The van der Waals surface area contributed by atoms with Crippen molar-refractivity contribution in [3.63, 3.8) is 0 Å². The number of aromatic nitrogens is 2. The largest absolute Gasteiger partial charge is 0.493 e. The SMILES string of the molecule is CCc1nc(N)cc(Oc2cc([N+](=O)[O-])ccc2OC)n1. The van der Waals surface area contributed by atoms with Gasteiger partial charge < -0.3 is 15.2 Å². The second kappa shape index (κ2) is 6.04. The number of ether oxygens (including phenoxy) is 2. The summed E-state index contributed by atoms with van der Waals surface area (Å²) in [6.07, 6.45) is 0.591. The zero-order valence-corrected chi connectivity index (χ0v) is 11.6. The van der Waals surface area contributed by atoms with Crippen LogP contribution in [0.2, 0.25) is 0 Å². The molecule has 1 heterocycles. The maximum absolute atomic E-state index is 10.8. The maximum Gasteiger partial charge on any atom is 0.273 e. The number of methoxy groups -OCH3 is 1. The Morgan fingerprint density at radius 1 is 1.29 bits per heavy atom. The van der Waals surface area contributed by atoms with Crippen molar-refractivity contribution in [3.05, 3.63) is 40.2 Å². The number of nitro groups is 1. The van der Waals surface area contributed by atoms with Gasteiger partial charge in [-0.15, -0.1) is 0 Å². The molecule has 8 heteroatoms. The monoisotopic (exact) mass is 290 g/mol. The fourth-order valence-electron chi connectivity index (χ4n) is 1.67. The Balaban J connectivity index is 2.40. The van der Waals surface area contributed by atoms with Gasteiger partial charge >= 0.3 is 0 Å². The highest BCUT2D eigenvalue weighted by Crippen LogP contribution is 2.34. The molecule has 0 aliphatic carbocycles. The molecular weight excluding hydrogens is 276 g/mol. The zero-order valence-electron chi connectivity index (χ0n) is 11.6. The van der Waals surface area contributed by atoms with Gasteiger partial charge in [0.25, 0.3) is 5.69 Å². The average Bonchev–Trinajstić information content (AvgIpc) is 2.46. The number of rotatable bonds is 5. The third-order valence-electron chi connectivity index (χ3n) is 2.66. The molecule has 2 N–H and O–H groups in total. The first-order chi connectivity index (χ1) is 10.0. The van der Waals surface area contributed by atoms with Gasteiger partial charge in [-0.05, 0) is 6.07 Å². The number of nitrogen functional groups attached to an aromatic ring is 1. The summed E-state index contributed by atoms with van der Waals surface area (Å²) in [7, 11) is 1.44. The van der Waals surface area contributed by atoms with Crippen LogP contribution in [0.1, 0.15) is 12.7 Å². The Hall–Kier alpha value is -2.90. The van der Waals surface area contributed by atoms with Crippen LogP contribution >= 0.6 is 0 Å². The van der Waals surface area contributed by atoms with Crippen molar-refractivity contribution >= 4 is 11.5 Å². The number of nitrogens with two attached hydrogens (primary N) is 1. The molecule has 2 rings (SSSR count). The molecule has 1 aromatic heterocycles. The van der Waals surface area contributed by atoms with Gasteiger partial charge in [0, 0.05) is 18.6 Å². The van der Waals surface area contributed by atoms with E-state index in [0.717, 1.165) is 0 Å². The van der Waals surface area contributed by atoms with E-state index in [0.29, 0.717) is 18.0 Å². The molecular formula is C13H14N4O4. The summed E-state index contributed by atoms with van der Waals surface area (Å²) in [5.41, 5.74) is 5.56. The molecule has 2 aromatic rings. The summed E-state index contributed by atoms with van der Waals surface area (Å²) in [5, 5.41) is 10.8. The molecule has 0 saturated carbocycles. The third kappa shape index (κ3) is 3.35. The fourth-order valence-corrected chi connectivity index (χ4v) is 1.67. The first kappa shape index (κ1) is 14.5. The number of nitro benzene ring substituents is 1. The third-order valence-corrected chi connectivity index (χ3v) is 2.66. The fraction of sp³-hybridized carbons (Fsp3) is 0.231. The topological polar surface area (TPSA) is 113 Å². The molecule has 0 aliphatic heterocycles. The number of non-ortho nitro benzene ring substituents is 1. The van der Waals surface area contributed by atoms with Crippen LogP contribution in [-0.4, -0.2) is 22.0 Å². The quantitative estimate of drug-likeness (QED) is 0.663. The lowest BCUT2D eigenvalue weighted by atomic mass is 10.3. The first-order valence-electron chi connectivity index (χ1n) is 6.17. The molecule has 1 aromatic carbocycles. The molecule has 0 unspecified atom stereocenters. The van der Waals surface area contributed by atoms with Crippen molar-refractivity contribution in [1.82, 2.24) is 9.97 Å². The Labute approximate surface area is 120 Å². The van der Waals surface area contributed by atoms with Crippen LogP contribution in [0.4, 0.5) is 11.5 Å². The highest BCUT2D eigenvalue weighted by atomic mass is 16.6. The van der Waals surface area contributed by atoms with Gasteiger partial charge in [-0.3, -0.25) is 10.1 Å². The molecule has 21 heavy (non-hydrogen) atoms. The summed E-state index contributed by atoms with van der Waals surface area (Å²) in [6, 6.07) is 5.50. The standard InChI is InChI=1S/C13H14N4O4/c1-3-12-15-11(14)7-13(16-12)21-10-6-8(17(18)19)4-5-9(10)20-2/h4-7H,3H2,1-2H3,(H2,14,15,16). The second-order valence-corrected chi connectivity index (χ2v) is 4.10. The van der Waals surface area contributed by atoms with E-state index >= 15 is 0 Å². The van der Waals surface area contributed by atoms with Crippen molar-refractivity contribution in [2.45, 2.75) is 13.3 Å². The van der Waals surface area contributed by atoms with Crippen LogP contribution in [-0.2, 0) is 6.42 Å². The van der Waals surface area contributed by atoms with Crippen molar-refractivity contribution in [2.75, 3.05) is 12.8 Å². The summed E-state index contributed by atoms with van der Waals surface area (Å²) in [5.74, 6) is 1.54. The minimum absolute atomic E-state index is 0.108. The minimum atomic E-state index is -0.516. The van der Waals surface area contributed by atoms with Gasteiger partial charge in [0.1, 0.15) is 11.6 Å². The van der Waals surface area contributed by atoms with E-state index in [4.69, 9.17) is 15.2 Å². The van der Waals surface area contributed by atoms with Gasteiger partial charge in [-0.2, -0.15) is 4.98 Å². The summed E-state index contributed by atoms with van der Waals surface area (Å²) >= 11 is 0. The molecule has 0 bridgehead atoms. The summed E-state index contributed by atoms with van der Waals surface area (Å²) < 4.78 is 10.7. The van der Waals surface area contributed by atoms with Crippen molar-refractivity contribution < 1.29 is 14.4 Å². The lowest BCUT2D eigenvalue weighted by Gasteiger charge is -2.10. The maximum atomic E-state index is 10.8. The molecule has 0 saturated heterocycles. The van der Waals surface area contributed by atoms with Crippen LogP contribution < -0.4 is 15.2 Å². The van der Waals surface area contributed by atoms with E-state index in [1.165, 1.54) is 31.4 Å². The number of anilines is 1. The second-order valence-electron chi connectivity index (χ2n) is 4.10. The highest BCUT2D eigenvalue weighted by Gasteiger charge is 2.14. The molecule has 0 amide bonds. The highest BCUT2D eigenvalue weighted by molar-refractivity contribution is 5.50. The first-order valence-corrected chi connectivity index (χ1v) is 6.17. The molecule has 0 radical (unpaired) electrons. The summed E-state index contributed by atoms with van der Waals surface area (Å²) in [6.45, 7) is 1.88. The van der Waals surface area contributed by atoms with Crippen LogP contribution in [0, 0.1) is 10.1 Å². The Morgan fingerprint density at radius 3 is 2.67 bits per heavy atom. The van der Waals surface area contributed by atoms with E-state index in [-0.39, 0.29) is 23.1 Å². The number of hydrogen-bond acceptors (Lipinski definition) is 7. The van der Waals surface area contributed by atoms with E-state index in [2.05, 4.69) is 9.97 Å². The smallest absolute Gasteiger partial charge is 0.273 e. The molecule has 110 valence electrons. The predicted octanol–water partition coefficient (Wildman–Crippen LogP) is 2.33. The zero-order chi connectivity index (χ0) is 15.4. The number of nitrogens with zero attached hydrogens (tertiary/aromatic N) is 3. The van der Waals surface area contributed by atoms with Gasteiger partial charge in [0.05, 0.1) is 18.1 Å². The van der Waals surface area contributed by atoms with Gasteiger partial charge in [0.15, 0.2) is 11.5 Å². The summed E-state index contributed by atoms with van der Waals surface area (Å²) in [4.78, 5) is 18.5. The molecule has 0 spiro atoms. The van der Waals surface area contributed by atoms with Gasteiger partial charge in [-0.1, -0.05) is 6.92 Å². The normalized spacial score (nSPS) is 10.2. The molecule has 0 atom stereocenters. The molecule has 8 nitrogen and oxygen atoms in total. The molecule has 0 fully saturated rings. The van der Waals surface area contributed by atoms with E-state index < -0.39 is 4.92 Å². The van der Waals surface area contributed by atoms with Crippen LogP contribution in [0.3, 0.4) is 0 Å². The van der Waals surface area contributed by atoms with Gasteiger partial charge in [0.2, 0.25) is 5.88 Å². The van der Waals surface area contributed by atoms with Crippen molar-refractivity contribution in [1.29, 1.82) is 0 Å². The average molecular weight is 290 g/mol. The minimum Gasteiger partial charge on any atom is -0.493 e. The van der Waals surface area contributed by atoms with Crippen molar-refractivity contribution in [3.8, 4) is 17.4 Å². The van der Waals surface area contributed by atoms with E-state index in [1.807, 2.05) is 6.92 Å². The lowest BCUT2D eigenvalue weighted by Crippen LogP contribution is -2.01. The van der Waals surface area contributed by atoms with Crippen molar-refractivity contribution in [2.24, 2.45) is 0 Å². The number of hydrogen-bond donors (Lipinski definition) is 1. The molecule has 0 aliphatic rings.